The SMILES string of the molecule is N#Cc1n[nH]nc1-c1ccc(-c2cccc(-c3ccccc3)c2)o1. The van der Waals surface area contributed by atoms with Gasteiger partial charge in [-0.2, -0.15) is 15.6 Å². The molecule has 114 valence electrons. The van der Waals surface area contributed by atoms with E-state index in [1.807, 2.05) is 42.5 Å². The van der Waals surface area contributed by atoms with Gasteiger partial charge in [-0.3, -0.25) is 0 Å². The van der Waals surface area contributed by atoms with Gasteiger partial charge in [0.25, 0.3) is 0 Å². The monoisotopic (exact) mass is 312 g/mol. The van der Waals surface area contributed by atoms with Gasteiger partial charge in [-0.1, -0.05) is 48.5 Å². The molecule has 0 aliphatic carbocycles. The summed E-state index contributed by atoms with van der Waals surface area (Å²) >= 11 is 0. The van der Waals surface area contributed by atoms with E-state index >= 15 is 0 Å². The lowest BCUT2D eigenvalue weighted by atomic mass is 10.0. The Hall–Kier alpha value is -3.65. The highest BCUT2D eigenvalue weighted by atomic mass is 16.3. The fourth-order valence-electron chi connectivity index (χ4n) is 2.58. The second kappa shape index (κ2) is 5.86. The Balaban J connectivity index is 1.72. The highest BCUT2D eigenvalue weighted by molar-refractivity contribution is 5.72. The van der Waals surface area contributed by atoms with Gasteiger partial charge in [-0.05, 0) is 29.3 Å². The van der Waals surface area contributed by atoms with E-state index in [2.05, 4.69) is 39.7 Å². The third-order valence-corrected chi connectivity index (χ3v) is 3.75. The fraction of sp³-hybridized carbons (Fsp3) is 0. The molecular weight excluding hydrogens is 300 g/mol. The minimum absolute atomic E-state index is 0.217. The third kappa shape index (κ3) is 2.46. The van der Waals surface area contributed by atoms with Crippen molar-refractivity contribution in [2.24, 2.45) is 0 Å². The number of benzene rings is 2. The van der Waals surface area contributed by atoms with Crippen molar-refractivity contribution in [2.75, 3.05) is 0 Å². The van der Waals surface area contributed by atoms with Crippen molar-refractivity contribution in [3.63, 3.8) is 0 Å². The number of H-pyrrole nitrogens is 1. The van der Waals surface area contributed by atoms with Gasteiger partial charge in [-0.25, -0.2) is 0 Å². The Kier molecular flexibility index (Phi) is 3.41. The molecule has 0 fully saturated rings. The average molecular weight is 312 g/mol. The molecule has 0 saturated carbocycles. The van der Waals surface area contributed by atoms with Gasteiger partial charge in [0.1, 0.15) is 11.8 Å². The van der Waals surface area contributed by atoms with E-state index < -0.39 is 0 Å². The van der Waals surface area contributed by atoms with Crippen molar-refractivity contribution in [1.82, 2.24) is 15.4 Å². The van der Waals surface area contributed by atoms with Gasteiger partial charge < -0.3 is 4.42 Å². The number of furan rings is 1. The lowest BCUT2D eigenvalue weighted by Crippen LogP contribution is -1.80. The number of nitriles is 1. The Morgan fingerprint density at radius 1 is 0.792 bits per heavy atom. The molecule has 0 bridgehead atoms. The van der Waals surface area contributed by atoms with E-state index in [0.29, 0.717) is 11.5 Å². The number of hydrogen-bond acceptors (Lipinski definition) is 4. The van der Waals surface area contributed by atoms with Crippen molar-refractivity contribution in [1.29, 1.82) is 5.26 Å². The molecule has 24 heavy (non-hydrogen) atoms. The summed E-state index contributed by atoms with van der Waals surface area (Å²) in [6.45, 7) is 0. The van der Waals surface area contributed by atoms with Gasteiger partial charge in [0.2, 0.25) is 0 Å². The standard InChI is InChI=1S/C19H12N4O/c20-12-16-19(22-23-21-16)18-10-9-17(24-18)15-8-4-7-14(11-15)13-5-2-1-3-6-13/h1-11H,(H,21,22,23). The first kappa shape index (κ1) is 14.0. The molecular formula is C19H12N4O. The van der Waals surface area contributed by atoms with Crippen molar-refractivity contribution in [3.8, 4) is 40.0 Å². The van der Waals surface area contributed by atoms with Crippen molar-refractivity contribution >= 4 is 0 Å². The summed E-state index contributed by atoms with van der Waals surface area (Å²) in [7, 11) is 0. The quantitative estimate of drug-likeness (QED) is 0.612. The van der Waals surface area contributed by atoms with Crippen LogP contribution in [0.2, 0.25) is 0 Å². The van der Waals surface area contributed by atoms with Crippen LogP contribution in [0, 0.1) is 11.3 Å². The maximum absolute atomic E-state index is 9.04. The normalized spacial score (nSPS) is 10.5. The molecule has 2 aromatic carbocycles. The van der Waals surface area contributed by atoms with E-state index in [9.17, 15) is 0 Å². The Bertz CT molecular complexity index is 1020. The van der Waals surface area contributed by atoms with Gasteiger partial charge in [-0.15, -0.1) is 5.10 Å². The molecule has 2 aromatic heterocycles. The van der Waals surface area contributed by atoms with Crippen molar-refractivity contribution in [2.45, 2.75) is 0 Å². The number of hydrogen-bond donors (Lipinski definition) is 1. The van der Waals surface area contributed by atoms with Crippen LogP contribution in [0.1, 0.15) is 5.69 Å². The maximum atomic E-state index is 9.04. The molecule has 5 heteroatoms. The average Bonchev–Trinajstić information content (AvgIpc) is 3.31. The number of rotatable bonds is 3. The van der Waals surface area contributed by atoms with Crippen LogP contribution in [-0.2, 0) is 0 Å². The predicted molar refractivity (Wildman–Crippen MR) is 89.7 cm³/mol. The Morgan fingerprint density at radius 3 is 2.38 bits per heavy atom. The highest BCUT2D eigenvalue weighted by Gasteiger charge is 2.14. The van der Waals surface area contributed by atoms with E-state index in [1.54, 1.807) is 6.07 Å². The first-order chi connectivity index (χ1) is 11.8. The van der Waals surface area contributed by atoms with Crippen LogP contribution in [0.15, 0.2) is 71.1 Å². The third-order valence-electron chi connectivity index (χ3n) is 3.75. The molecule has 0 aliphatic rings. The van der Waals surface area contributed by atoms with Crippen LogP contribution in [-0.4, -0.2) is 15.4 Å². The summed E-state index contributed by atoms with van der Waals surface area (Å²) in [5, 5.41) is 19.3. The summed E-state index contributed by atoms with van der Waals surface area (Å²) in [6, 6.07) is 23.9. The van der Waals surface area contributed by atoms with Crippen LogP contribution in [0.5, 0.6) is 0 Å². The molecule has 0 aliphatic heterocycles. The molecule has 0 atom stereocenters. The highest BCUT2D eigenvalue weighted by Crippen LogP contribution is 2.30. The van der Waals surface area contributed by atoms with Gasteiger partial charge in [0.15, 0.2) is 17.1 Å². The molecule has 0 amide bonds. The maximum Gasteiger partial charge on any atom is 0.193 e. The molecule has 5 nitrogen and oxygen atoms in total. The molecule has 2 heterocycles. The predicted octanol–water partition coefficient (Wildman–Crippen LogP) is 4.27. The van der Waals surface area contributed by atoms with E-state index in [0.717, 1.165) is 22.5 Å². The second-order valence-corrected chi connectivity index (χ2v) is 5.24. The van der Waals surface area contributed by atoms with Crippen LogP contribution in [0.4, 0.5) is 0 Å². The summed E-state index contributed by atoms with van der Waals surface area (Å²) < 4.78 is 5.87. The summed E-state index contributed by atoms with van der Waals surface area (Å²) in [5.41, 5.74) is 3.86. The van der Waals surface area contributed by atoms with E-state index in [4.69, 9.17) is 9.68 Å². The fourth-order valence-corrected chi connectivity index (χ4v) is 2.58. The smallest absolute Gasteiger partial charge is 0.193 e. The van der Waals surface area contributed by atoms with Gasteiger partial charge in [0.05, 0.1) is 0 Å². The minimum atomic E-state index is 0.217. The number of aromatic nitrogens is 3. The minimum Gasteiger partial charge on any atom is -0.454 e. The molecule has 4 rings (SSSR count). The topological polar surface area (TPSA) is 78.5 Å². The lowest BCUT2D eigenvalue weighted by molar-refractivity contribution is 0.594. The summed E-state index contributed by atoms with van der Waals surface area (Å²) in [6.07, 6.45) is 0. The zero-order valence-electron chi connectivity index (χ0n) is 12.6. The largest absolute Gasteiger partial charge is 0.454 e. The zero-order valence-corrected chi connectivity index (χ0v) is 12.6. The van der Waals surface area contributed by atoms with Crippen LogP contribution >= 0.6 is 0 Å². The molecule has 0 saturated heterocycles. The summed E-state index contributed by atoms with van der Waals surface area (Å²) in [5.74, 6) is 1.23. The number of nitrogens with zero attached hydrogens (tertiary/aromatic N) is 3. The number of aromatic amines is 1. The van der Waals surface area contributed by atoms with Crippen molar-refractivity contribution < 1.29 is 4.42 Å². The van der Waals surface area contributed by atoms with Crippen LogP contribution in [0.3, 0.4) is 0 Å². The lowest BCUT2D eigenvalue weighted by Gasteiger charge is -2.03. The molecule has 4 aromatic rings. The van der Waals surface area contributed by atoms with E-state index in [-0.39, 0.29) is 5.69 Å². The molecule has 0 spiro atoms. The Labute approximate surface area is 138 Å². The zero-order chi connectivity index (χ0) is 16.4. The summed E-state index contributed by atoms with van der Waals surface area (Å²) in [4.78, 5) is 0. The number of nitrogens with one attached hydrogen (secondary N) is 1. The van der Waals surface area contributed by atoms with E-state index in [1.165, 1.54) is 0 Å². The first-order valence-electron chi connectivity index (χ1n) is 7.42. The van der Waals surface area contributed by atoms with Crippen molar-refractivity contribution in [3.05, 3.63) is 72.4 Å². The Morgan fingerprint density at radius 2 is 1.54 bits per heavy atom. The molecule has 0 unspecified atom stereocenters. The van der Waals surface area contributed by atoms with Crippen LogP contribution < -0.4 is 0 Å². The van der Waals surface area contributed by atoms with Gasteiger partial charge in [0, 0.05) is 5.56 Å². The van der Waals surface area contributed by atoms with Gasteiger partial charge >= 0.3 is 0 Å². The molecule has 1 N–H and O–H groups in total. The molecule has 0 radical (unpaired) electrons. The first-order valence-corrected chi connectivity index (χ1v) is 7.42. The van der Waals surface area contributed by atoms with Crippen LogP contribution in [0.25, 0.3) is 33.9 Å². The second-order valence-electron chi connectivity index (χ2n) is 5.24.